The van der Waals surface area contributed by atoms with Gasteiger partial charge in [0.25, 0.3) is 15.9 Å². The van der Waals surface area contributed by atoms with Gasteiger partial charge in [0.1, 0.15) is 12.4 Å². The number of methoxy groups -OCH3 is 2. The SMILES string of the molecule is COc1cc(C(=O)OCc2ccc(S(=O)(=O)N(C)C)o2)cc(OC)c1OCC(N)=O. The molecule has 30 heavy (non-hydrogen) atoms. The molecule has 1 aromatic heterocycles. The fourth-order valence-electron chi connectivity index (χ4n) is 2.26. The number of sulfonamides is 1. The Morgan fingerprint density at radius 3 is 2.20 bits per heavy atom. The van der Waals surface area contributed by atoms with Crippen molar-refractivity contribution in [3.63, 3.8) is 0 Å². The van der Waals surface area contributed by atoms with E-state index in [1.807, 2.05) is 0 Å². The number of amides is 1. The number of rotatable bonds is 10. The number of carbonyl (C=O) groups is 2. The fourth-order valence-corrected chi connectivity index (χ4v) is 3.07. The van der Waals surface area contributed by atoms with Gasteiger partial charge in [-0.2, -0.15) is 0 Å². The normalized spacial score (nSPS) is 11.2. The summed E-state index contributed by atoms with van der Waals surface area (Å²) in [5.41, 5.74) is 5.14. The van der Waals surface area contributed by atoms with Crippen LogP contribution in [0.2, 0.25) is 0 Å². The number of nitrogens with zero attached hydrogens (tertiary/aromatic N) is 1. The first-order chi connectivity index (χ1) is 14.1. The summed E-state index contributed by atoms with van der Waals surface area (Å²) in [4.78, 5) is 23.4. The van der Waals surface area contributed by atoms with Crippen molar-refractivity contribution in [2.75, 3.05) is 34.9 Å². The summed E-state index contributed by atoms with van der Waals surface area (Å²) in [6.07, 6.45) is 0. The van der Waals surface area contributed by atoms with Gasteiger partial charge in [-0.3, -0.25) is 4.79 Å². The molecule has 0 spiro atoms. The van der Waals surface area contributed by atoms with Crippen LogP contribution in [-0.4, -0.2) is 59.5 Å². The topological polar surface area (TPSA) is 148 Å². The summed E-state index contributed by atoms with van der Waals surface area (Å²) < 4.78 is 51.1. The molecular formula is C18H22N2O9S. The monoisotopic (exact) mass is 442 g/mol. The van der Waals surface area contributed by atoms with Crippen molar-refractivity contribution in [2.45, 2.75) is 11.7 Å². The van der Waals surface area contributed by atoms with Crippen LogP contribution in [0.3, 0.4) is 0 Å². The smallest absolute Gasteiger partial charge is 0.338 e. The highest BCUT2D eigenvalue weighted by Gasteiger charge is 2.23. The van der Waals surface area contributed by atoms with Crippen LogP contribution < -0.4 is 19.9 Å². The Morgan fingerprint density at radius 2 is 1.70 bits per heavy atom. The molecule has 1 amide bonds. The second kappa shape index (κ2) is 9.50. The molecular weight excluding hydrogens is 420 g/mol. The third-order valence-corrected chi connectivity index (χ3v) is 5.46. The average Bonchev–Trinajstić information content (AvgIpc) is 3.19. The van der Waals surface area contributed by atoms with Gasteiger partial charge in [0.15, 0.2) is 18.1 Å². The van der Waals surface area contributed by atoms with Crippen molar-refractivity contribution in [3.05, 3.63) is 35.6 Å². The van der Waals surface area contributed by atoms with Gasteiger partial charge in [0.2, 0.25) is 10.8 Å². The molecule has 0 fully saturated rings. The maximum Gasteiger partial charge on any atom is 0.338 e. The van der Waals surface area contributed by atoms with Gasteiger partial charge in [-0.25, -0.2) is 17.5 Å². The zero-order valence-corrected chi connectivity index (χ0v) is 17.6. The molecule has 164 valence electrons. The van der Waals surface area contributed by atoms with E-state index in [9.17, 15) is 18.0 Å². The predicted octanol–water partition coefficient (Wildman–Crippen LogP) is 0.768. The third kappa shape index (κ3) is 5.21. The average molecular weight is 442 g/mol. The molecule has 0 atom stereocenters. The number of primary amides is 1. The number of furan rings is 1. The molecule has 1 aromatic carbocycles. The first-order valence-corrected chi connectivity index (χ1v) is 9.89. The molecule has 1 heterocycles. The van der Waals surface area contributed by atoms with E-state index in [0.717, 1.165) is 4.31 Å². The van der Waals surface area contributed by atoms with Gasteiger partial charge < -0.3 is 29.1 Å². The Balaban J connectivity index is 2.17. The van der Waals surface area contributed by atoms with Crippen molar-refractivity contribution < 1.29 is 41.4 Å². The van der Waals surface area contributed by atoms with Crippen LogP contribution in [-0.2, 0) is 26.2 Å². The minimum atomic E-state index is -3.73. The Kier molecular flexibility index (Phi) is 7.29. The zero-order chi connectivity index (χ0) is 22.5. The molecule has 0 aliphatic carbocycles. The van der Waals surface area contributed by atoms with E-state index in [-0.39, 0.29) is 40.3 Å². The minimum absolute atomic E-state index is 0.0721. The zero-order valence-electron chi connectivity index (χ0n) is 16.8. The van der Waals surface area contributed by atoms with E-state index < -0.39 is 28.5 Å². The van der Waals surface area contributed by atoms with Gasteiger partial charge in [0, 0.05) is 14.1 Å². The standard InChI is InChI=1S/C18H22N2O9S/c1-20(2)30(23,24)16-6-5-12(29-16)9-28-18(22)11-7-13(25-3)17(14(8-11)26-4)27-10-15(19)21/h5-8H,9-10H2,1-4H3,(H2,19,21). The van der Waals surface area contributed by atoms with Crippen molar-refractivity contribution in [1.29, 1.82) is 0 Å². The maximum atomic E-state index is 12.4. The highest BCUT2D eigenvalue weighted by atomic mass is 32.2. The van der Waals surface area contributed by atoms with Crippen LogP contribution >= 0.6 is 0 Å². The lowest BCUT2D eigenvalue weighted by Crippen LogP contribution is -2.21. The Labute approximate surface area is 173 Å². The molecule has 2 aromatic rings. The highest BCUT2D eigenvalue weighted by Crippen LogP contribution is 2.38. The summed E-state index contributed by atoms with van der Waals surface area (Å²) in [6.45, 7) is -0.709. The van der Waals surface area contributed by atoms with Gasteiger partial charge in [-0.1, -0.05) is 0 Å². The van der Waals surface area contributed by atoms with E-state index in [0.29, 0.717) is 0 Å². The number of hydrogen-bond acceptors (Lipinski definition) is 9. The van der Waals surface area contributed by atoms with E-state index in [1.165, 1.54) is 52.6 Å². The van der Waals surface area contributed by atoms with Crippen LogP contribution in [0.1, 0.15) is 16.1 Å². The lowest BCUT2D eigenvalue weighted by atomic mass is 10.2. The number of nitrogens with two attached hydrogens (primary N) is 1. The largest absolute Gasteiger partial charge is 0.493 e. The lowest BCUT2D eigenvalue weighted by Gasteiger charge is -2.15. The molecule has 0 aliphatic rings. The van der Waals surface area contributed by atoms with Crippen molar-refractivity contribution in [2.24, 2.45) is 5.73 Å². The van der Waals surface area contributed by atoms with Crippen LogP contribution in [0, 0.1) is 0 Å². The predicted molar refractivity (Wildman–Crippen MR) is 103 cm³/mol. The summed E-state index contributed by atoms with van der Waals surface area (Å²) >= 11 is 0. The molecule has 0 aliphatic heterocycles. The quantitative estimate of drug-likeness (QED) is 0.527. The summed E-state index contributed by atoms with van der Waals surface area (Å²) in [5, 5.41) is -0.266. The molecule has 12 heteroatoms. The first kappa shape index (κ1) is 23.0. The molecule has 11 nitrogen and oxygen atoms in total. The number of carbonyl (C=O) groups excluding carboxylic acids is 2. The summed E-state index contributed by atoms with van der Waals surface area (Å²) in [7, 11) is 1.69. The van der Waals surface area contributed by atoms with Gasteiger partial charge in [-0.05, 0) is 24.3 Å². The number of hydrogen-bond donors (Lipinski definition) is 1. The van der Waals surface area contributed by atoms with E-state index in [2.05, 4.69) is 0 Å². The highest BCUT2D eigenvalue weighted by molar-refractivity contribution is 7.88. The molecule has 0 radical (unpaired) electrons. The maximum absolute atomic E-state index is 12.4. The number of esters is 1. The molecule has 0 saturated heterocycles. The minimum Gasteiger partial charge on any atom is -0.493 e. The lowest BCUT2D eigenvalue weighted by molar-refractivity contribution is -0.120. The number of ether oxygens (including phenoxy) is 4. The van der Waals surface area contributed by atoms with Crippen molar-refractivity contribution >= 4 is 21.9 Å². The first-order valence-electron chi connectivity index (χ1n) is 8.45. The fraction of sp³-hybridized carbons (Fsp3) is 0.333. The molecule has 2 rings (SSSR count). The molecule has 0 unspecified atom stereocenters. The van der Waals surface area contributed by atoms with E-state index >= 15 is 0 Å². The van der Waals surface area contributed by atoms with Gasteiger partial charge in [0.05, 0.1) is 19.8 Å². The van der Waals surface area contributed by atoms with Crippen LogP contribution in [0.5, 0.6) is 17.2 Å². The van der Waals surface area contributed by atoms with Crippen LogP contribution in [0.25, 0.3) is 0 Å². The van der Waals surface area contributed by atoms with Crippen molar-refractivity contribution in [3.8, 4) is 17.2 Å². The Bertz CT molecular complexity index is 1000. The Hall–Kier alpha value is -3.25. The van der Waals surface area contributed by atoms with Gasteiger partial charge in [-0.15, -0.1) is 0 Å². The second-order valence-electron chi connectivity index (χ2n) is 6.05. The second-order valence-corrected chi connectivity index (χ2v) is 8.13. The van der Waals surface area contributed by atoms with E-state index in [1.54, 1.807) is 0 Å². The van der Waals surface area contributed by atoms with Gasteiger partial charge >= 0.3 is 5.97 Å². The van der Waals surface area contributed by atoms with Crippen LogP contribution in [0.15, 0.2) is 33.8 Å². The Morgan fingerprint density at radius 1 is 1.10 bits per heavy atom. The molecule has 0 saturated carbocycles. The summed E-state index contributed by atoms with van der Waals surface area (Å²) in [6, 6.07) is 5.34. The molecule has 2 N–H and O–H groups in total. The van der Waals surface area contributed by atoms with E-state index in [4.69, 9.17) is 29.1 Å². The van der Waals surface area contributed by atoms with Crippen LogP contribution in [0.4, 0.5) is 0 Å². The number of benzene rings is 1. The molecule has 0 bridgehead atoms. The third-order valence-electron chi connectivity index (χ3n) is 3.77. The van der Waals surface area contributed by atoms with Crippen molar-refractivity contribution in [1.82, 2.24) is 4.31 Å². The summed E-state index contributed by atoms with van der Waals surface area (Å²) in [5.74, 6) is -0.956.